The zero-order valence-electron chi connectivity index (χ0n) is 14.4. The van der Waals surface area contributed by atoms with Gasteiger partial charge >= 0.3 is 6.18 Å². The minimum atomic E-state index is -4.57. The smallest absolute Gasteiger partial charge is 0.388 e. The predicted molar refractivity (Wildman–Crippen MR) is 99.6 cm³/mol. The minimum Gasteiger partial charge on any atom is -0.388 e. The van der Waals surface area contributed by atoms with Gasteiger partial charge in [-0.05, 0) is 31.0 Å². The summed E-state index contributed by atoms with van der Waals surface area (Å²) in [6.45, 7) is 0.147. The van der Waals surface area contributed by atoms with Crippen molar-refractivity contribution in [3.05, 3.63) is 63.5 Å². The van der Waals surface area contributed by atoms with Gasteiger partial charge in [-0.1, -0.05) is 29.8 Å². The third kappa shape index (κ3) is 3.45. The summed E-state index contributed by atoms with van der Waals surface area (Å²) >= 11 is 6.18. The highest BCUT2D eigenvalue weighted by molar-refractivity contribution is 6.33. The Balaban J connectivity index is 1.96. The van der Waals surface area contributed by atoms with Crippen LogP contribution in [0.4, 0.5) is 19.1 Å². The van der Waals surface area contributed by atoms with E-state index in [-0.39, 0.29) is 28.6 Å². The molecule has 1 aliphatic rings. The van der Waals surface area contributed by atoms with Crippen molar-refractivity contribution >= 4 is 23.1 Å². The lowest BCUT2D eigenvalue weighted by Gasteiger charge is -2.17. The van der Waals surface area contributed by atoms with Crippen LogP contribution in [0.1, 0.15) is 18.4 Å². The lowest BCUT2D eigenvalue weighted by atomic mass is 10.0. The highest BCUT2D eigenvalue weighted by Gasteiger charge is 2.40. The van der Waals surface area contributed by atoms with Crippen molar-refractivity contribution in [1.82, 2.24) is 9.38 Å². The summed E-state index contributed by atoms with van der Waals surface area (Å²) in [5.74, 6) is 0.0600. The average molecular weight is 410 g/mol. The lowest BCUT2D eigenvalue weighted by Crippen LogP contribution is -2.25. The lowest BCUT2D eigenvalue weighted by molar-refractivity contribution is -0.137. The number of fused-ring (bicyclic) bond motifs is 1. The molecule has 3 aromatic rings. The number of anilines is 1. The molecule has 0 bridgehead atoms. The predicted octanol–water partition coefficient (Wildman–Crippen LogP) is 3.97. The topological polar surface area (TPSA) is 66.6 Å². The maximum atomic E-state index is 13.3. The monoisotopic (exact) mass is 409 g/mol. The van der Waals surface area contributed by atoms with Crippen molar-refractivity contribution in [2.45, 2.75) is 24.6 Å². The standard InChI is InChI=1S/C19H15ClF3N3O2/c20-13-4-2-1-3-12(13)15-14-9-11(19(21,22)23)5-8-26(14)17(25-16(15)27)24-10-18(28)6-7-18/h1-5,8-9,28H,6-7,10H2,(H,24,25,27). The van der Waals surface area contributed by atoms with E-state index in [9.17, 15) is 23.1 Å². The number of alkyl halides is 3. The van der Waals surface area contributed by atoms with Gasteiger partial charge in [-0.2, -0.15) is 18.2 Å². The summed E-state index contributed by atoms with van der Waals surface area (Å²) < 4.78 is 41.2. The molecule has 2 N–H and O–H groups in total. The largest absolute Gasteiger partial charge is 0.416 e. The Morgan fingerprint density at radius 2 is 1.96 bits per heavy atom. The molecule has 146 valence electrons. The van der Waals surface area contributed by atoms with Gasteiger partial charge in [0.25, 0.3) is 5.56 Å². The summed E-state index contributed by atoms with van der Waals surface area (Å²) in [7, 11) is 0. The fourth-order valence-corrected chi connectivity index (χ4v) is 3.21. The van der Waals surface area contributed by atoms with E-state index in [0.29, 0.717) is 18.4 Å². The van der Waals surface area contributed by atoms with E-state index in [2.05, 4.69) is 10.3 Å². The van der Waals surface area contributed by atoms with Crippen LogP contribution in [-0.4, -0.2) is 26.6 Å². The molecule has 1 aliphatic carbocycles. The van der Waals surface area contributed by atoms with E-state index in [1.807, 2.05) is 0 Å². The molecule has 5 nitrogen and oxygen atoms in total. The molecule has 4 rings (SSSR count). The van der Waals surface area contributed by atoms with Gasteiger partial charge in [-0.3, -0.25) is 9.20 Å². The van der Waals surface area contributed by atoms with Gasteiger partial charge < -0.3 is 10.4 Å². The number of hydrogen-bond acceptors (Lipinski definition) is 4. The Hall–Kier alpha value is -2.58. The minimum absolute atomic E-state index is 0.0209. The van der Waals surface area contributed by atoms with Crippen LogP contribution in [-0.2, 0) is 6.18 Å². The number of aromatic nitrogens is 2. The first-order valence-electron chi connectivity index (χ1n) is 8.53. The zero-order valence-corrected chi connectivity index (χ0v) is 15.2. The molecule has 1 aromatic carbocycles. The Kier molecular flexibility index (Phi) is 4.35. The van der Waals surface area contributed by atoms with Crippen LogP contribution < -0.4 is 10.9 Å². The molecule has 1 fully saturated rings. The van der Waals surface area contributed by atoms with Gasteiger partial charge in [0.15, 0.2) is 0 Å². The highest BCUT2D eigenvalue weighted by Crippen LogP contribution is 2.36. The van der Waals surface area contributed by atoms with E-state index in [1.165, 1.54) is 10.6 Å². The van der Waals surface area contributed by atoms with Crippen molar-refractivity contribution in [1.29, 1.82) is 0 Å². The van der Waals surface area contributed by atoms with Crippen LogP contribution in [0.25, 0.3) is 16.6 Å². The van der Waals surface area contributed by atoms with Crippen molar-refractivity contribution in [3.8, 4) is 11.1 Å². The van der Waals surface area contributed by atoms with Crippen LogP contribution in [0.3, 0.4) is 0 Å². The Bertz CT molecular complexity index is 1120. The molecule has 2 heterocycles. The first-order chi connectivity index (χ1) is 13.2. The molecular formula is C19H15ClF3N3O2. The van der Waals surface area contributed by atoms with Crippen LogP contribution >= 0.6 is 11.6 Å². The van der Waals surface area contributed by atoms with Crippen LogP contribution in [0.15, 0.2) is 47.4 Å². The molecule has 0 saturated heterocycles. The maximum Gasteiger partial charge on any atom is 0.416 e. The van der Waals surface area contributed by atoms with Crippen molar-refractivity contribution in [3.63, 3.8) is 0 Å². The number of aliphatic hydroxyl groups is 1. The number of hydrogen-bond donors (Lipinski definition) is 2. The molecule has 1 saturated carbocycles. The fourth-order valence-electron chi connectivity index (χ4n) is 2.98. The van der Waals surface area contributed by atoms with Gasteiger partial charge in [0.2, 0.25) is 5.95 Å². The Morgan fingerprint density at radius 3 is 2.61 bits per heavy atom. The van der Waals surface area contributed by atoms with Crippen molar-refractivity contribution in [2.24, 2.45) is 0 Å². The molecule has 0 spiro atoms. The quantitative estimate of drug-likeness (QED) is 0.684. The summed E-state index contributed by atoms with van der Waals surface area (Å²) in [6.07, 6.45) is -2.15. The third-order valence-electron chi connectivity index (χ3n) is 4.73. The maximum absolute atomic E-state index is 13.3. The number of nitrogens with zero attached hydrogens (tertiary/aromatic N) is 2. The van der Waals surface area contributed by atoms with E-state index in [4.69, 9.17) is 11.6 Å². The Morgan fingerprint density at radius 1 is 1.25 bits per heavy atom. The molecule has 9 heteroatoms. The second-order valence-corrected chi connectivity index (χ2v) is 7.25. The van der Waals surface area contributed by atoms with Gasteiger partial charge in [0.1, 0.15) is 0 Å². The molecule has 0 amide bonds. The van der Waals surface area contributed by atoms with Gasteiger partial charge in [0.05, 0.1) is 22.2 Å². The van der Waals surface area contributed by atoms with Gasteiger partial charge in [-0.25, -0.2) is 0 Å². The fraction of sp³-hybridized carbons (Fsp3) is 0.263. The number of halogens is 4. The normalized spacial score (nSPS) is 15.6. The van der Waals surface area contributed by atoms with E-state index in [0.717, 1.165) is 12.1 Å². The van der Waals surface area contributed by atoms with E-state index in [1.54, 1.807) is 24.3 Å². The summed E-state index contributed by atoms with van der Waals surface area (Å²) in [6, 6.07) is 8.22. The van der Waals surface area contributed by atoms with Crippen molar-refractivity contribution < 1.29 is 18.3 Å². The van der Waals surface area contributed by atoms with Crippen LogP contribution in [0.5, 0.6) is 0 Å². The van der Waals surface area contributed by atoms with E-state index >= 15 is 0 Å². The highest BCUT2D eigenvalue weighted by atomic mass is 35.5. The number of nitrogens with one attached hydrogen (secondary N) is 1. The summed E-state index contributed by atoms with van der Waals surface area (Å²) in [5, 5.41) is 13.1. The molecule has 0 unspecified atom stereocenters. The summed E-state index contributed by atoms with van der Waals surface area (Å²) in [4.78, 5) is 16.7. The van der Waals surface area contributed by atoms with Crippen LogP contribution in [0, 0.1) is 0 Å². The SMILES string of the molecule is O=c1nc(NCC2(O)CC2)n2ccc(C(F)(F)F)cc2c1-c1ccccc1Cl. The van der Waals surface area contributed by atoms with Gasteiger partial charge in [-0.15, -0.1) is 0 Å². The van der Waals surface area contributed by atoms with Gasteiger partial charge in [0, 0.05) is 23.3 Å². The van der Waals surface area contributed by atoms with Crippen LogP contribution in [0.2, 0.25) is 5.02 Å². The summed E-state index contributed by atoms with van der Waals surface area (Å²) in [5.41, 5.74) is -2.17. The molecule has 0 aliphatic heterocycles. The average Bonchev–Trinajstić information content (AvgIpc) is 3.37. The molecule has 0 radical (unpaired) electrons. The molecule has 28 heavy (non-hydrogen) atoms. The third-order valence-corrected chi connectivity index (χ3v) is 5.06. The zero-order chi connectivity index (χ0) is 20.1. The molecule has 0 atom stereocenters. The second kappa shape index (κ2) is 6.49. The molecular weight excluding hydrogens is 395 g/mol. The van der Waals surface area contributed by atoms with E-state index < -0.39 is 22.9 Å². The number of rotatable bonds is 4. The number of pyridine rings is 1. The first-order valence-corrected chi connectivity index (χ1v) is 8.91. The number of benzene rings is 1. The second-order valence-electron chi connectivity index (χ2n) is 6.84. The van der Waals surface area contributed by atoms with Crippen molar-refractivity contribution in [2.75, 3.05) is 11.9 Å². The Labute approximate surface area is 162 Å². The first kappa shape index (κ1) is 18.8. The molecule has 2 aromatic heterocycles.